The number of hydrogen-bond donors (Lipinski definition) is 1. The van der Waals surface area contributed by atoms with Crippen LogP contribution in [0.5, 0.6) is 0 Å². The second-order valence-corrected chi connectivity index (χ2v) is 6.38. The van der Waals surface area contributed by atoms with Crippen LogP contribution in [0, 0.1) is 6.92 Å². The zero-order chi connectivity index (χ0) is 18.2. The molecule has 0 radical (unpaired) electrons. The Kier molecular flexibility index (Phi) is 3.57. The number of rotatable bonds is 3. The molecule has 0 unspecified atom stereocenters. The van der Waals surface area contributed by atoms with Crippen LogP contribution in [-0.2, 0) is 0 Å². The number of H-pyrrole nitrogens is 1. The van der Waals surface area contributed by atoms with Gasteiger partial charge in [0.05, 0.1) is 11.0 Å². The van der Waals surface area contributed by atoms with E-state index in [2.05, 4.69) is 15.2 Å². The van der Waals surface area contributed by atoms with E-state index in [4.69, 9.17) is 9.40 Å². The Balaban J connectivity index is 1.62. The van der Waals surface area contributed by atoms with Gasteiger partial charge in [-0.05, 0) is 36.8 Å². The highest BCUT2D eigenvalue weighted by Gasteiger charge is 2.17. The van der Waals surface area contributed by atoms with Crippen LogP contribution in [0.2, 0.25) is 0 Å². The van der Waals surface area contributed by atoms with Crippen LogP contribution in [-0.4, -0.2) is 20.2 Å². The van der Waals surface area contributed by atoms with E-state index in [-0.39, 0.29) is 0 Å². The van der Waals surface area contributed by atoms with Gasteiger partial charge in [0.1, 0.15) is 5.82 Å². The van der Waals surface area contributed by atoms with Crippen molar-refractivity contribution in [1.82, 2.24) is 20.2 Å². The minimum absolute atomic E-state index is 0.476. The van der Waals surface area contributed by atoms with E-state index in [0.717, 1.165) is 39.1 Å². The average Bonchev–Trinajstić information content (AvgIpc) is 3.35. The Morgan fingerprint density at radius 1 is 0.704 bits per heavy atom. The maximum atomic E-state index is 6.01. The molecule has 3 aromatic carbocycles. The third kappa shape index (κ3) is 2.69. The third-order valence-corrected chi connectivity index (χ3v) is 4.60. The summed E-state index contributed by atoms with van der Waals surface area (Å²) in [6.07, 6.45) is 0. The number of nitrogens with one attached hydrogen (secondary N) is 1. The molecule has 130 valence electrons. The van der Waals surface area contributed by atoms with Gasteiger partial charge in [-0.15, -0.1) is 10.2 Å². The highest BCUT2D eigenvalue weighted by molar-refractivity contribution is 5.83. The molecule has 0 atom stereocenters. The highest BCUT2D eigenvalue weighted by atomic mass is 16.4. The predicted octanol–water partition coefficient (Wildman–Crippen LogP) is 5.26. The van der Waals surface area contributed by atoms with Gasteiger partial charge in [-0.25, -0.2) is 4.98 Å². The molecule has 0 aliphatic rings. The Labute approximate surface area is 155 Å². The Bertz CT molecular complexity index is 1220. The Morgan fingerprint density at radius 3 is 2.11 bits per heavy atom. The van der Waals surface area contributed by atoms with Crippen molar-refractivity contribution < 1.29 is 4.42 Å². The first-order valence-electron chi connectivity index (χ1n) is 8.73. The number of benzene rings is 3. The van der Waals surface area contributed by atoms with Crippen molar-refractivity contribution in [1.29, 1.82) is 0 Å². The summed E-state index contributed by atoms with van der Waals surface area (Å²) < 4.78 is 6.01. The van der Waals surface area contributed by atoms with E-state index in [0.29, 0.717) is 11.8 Å². The second kappa shape index (κ2) is 6.21. The van der Waals surface area contributed by atoms with Crippen LogP contribution in [0.25, 0.3) is 45.3 Å². The molecule has 2 heterocycles. The monoisotopic (exact) mass is 352 g/mol. The van der Waals surface area contributed by atoms with Crippen LogP contribution in [0.3, 0.4) is 0 Å². The van der Waals surface area contributed by atoms with Crippen LogP contribution in [0.4, 0.5) is 0 Å². The molecule has 0 aliphatic heterocycles. The lowest BCUT2D eigenvalue weighted by molar-refractivity contribution is 0.584. The summed E-state index contributed by atoms with van der Waals surface area (Å²) in [5.74, 6) is 1.77. The topological polar surface area (TPSA) is 67.6 Å². The maximum absolute atomic E-state index is 6.01. The van der Waals surface area contributed by atoms with Gasteiger partial charge in [-0.1, -0.05) is 48.5 Å². The van der Waals surface area contributed by atoms with E-state index >= 15 is 0 Å². The van der Waals surface area contributed by atoms with E-state index in [1.54, 1.807) is 0 Å². The second-order valence-electron chi connectivity index (χ2n) is 6.38. The minimum Gasteiger partial charge on any atom is -0.416 e. The van der Waals surface area contributed by atoms with Crippen LogP contribution < -0.4 is 0 Å². The molecule has 0 saturated carbocycles. The van der Waals surface area contributed by atoms with Gasteiger partial charge in [0, 0.05) is 16.7 Å². The molecule has 0 aliphatic carbocycles. The molecule has 27 heavy (non-hydrogen) atoms. The molecule has 0 bridgehead atoms. The Morgan fingerprint density at radius 2 is 1.33 bits per heavy atom. The normalized spacial score (nSPS) is 11.1. The maximum Gasteiger partial charge on any atom is 0.248 e. The molecular weight excluding hydrogens is 336 g/mol. The summed E-state index contributed by atoms with van der Waals surface area (Å²) in [5, 5.41) is 8.54. The van der Waals surface area contributed by atoms with Crippen molar-refractivity contribution in [2.75, 3.05) is 0 Å². The molecule has 5 nitrogen and oxygen atoms in total. The largest absolute Gasteiger partial charge is 0.416 e. The molecule has 0 spiro atoms. The number of para-hydroxylation sites is 2. The summed E-state index contributed by atoms with van der Waals surface area (Å²) in [7, 11) is 0. The SMILES string of the molecule is Cc1ccccc1-c1nnc(-c2ccccc2-c2nc3ccccc3[nH]2)o1. The number of fused-ring (bicyclic) bond motifs is 1. The fourth-order valence-electron chi connectivity index (χ4n) is 3.21. The lowest BCUT2D eigenvalue weighted by atomic mass is 10.1. The van der Waals surface area contributed by atoms with Gasteiger partial charge < -0.3 is 9.40 Å². The lowest BCUT2D eigenvalue weighted by Gasteiger charge is -2.03. The smallest absolute Gasteiger partial charge is 0.248 e. The number of aromatic nitrogens is 4. The van der Waals surface area contributed by atoms with E-state index in [1.165, 1.54) is 0 Å². The van der Waals surface area contributed by atoms with Crippen LogP contribution >= 0.6 is 0 Å². The summed E-state index contributed by atoms with van der Waals surface area (Å²) in [5.41, 5.74) is 5.73. The first-order valence-corrected chi connectivity index (χ1v) is 8.73. The van der Waals surface area contributed by atoms with E-state index < -0.39 is 0 Å². The van der Waals surface area contributed by atoms with Crippen molar-refractivity contribution in [2.45, 2.75) is 6.92 Å². The minimum atomic E-state index is 0.476. The molecule has 5 aromatic rings. The van der Waals surface area contributed by atoms with Crippen LogP contribution in [0.1, 0.15) is 5.56 Å². The van der Waals surface area contributed by atoms with Crippen LogP contribution in [0.15, 0.2) is 77.2 Å². The number of nitrogens with zero attached hydrogens (tertiary/aromatic N) is 3. The molecule has 5 rings (SSSR count). The molecule has 1 N–H and O–H groups in total. The molecule has 5 heteroatoms. The number of aromatic amines is 1. The number of imidazole rings is 1. The average molecular weight is 352 g/mol. The van der Waals surface area contributed by atoms with Gasteiger partial charge in [0.2, 0.25) is 11.8 Å². The Hall–Kier alpha value is -3.73. The predicted molar refractivity (Wildman–Crippen MR) is 105 cm³/mol. The highest BCUT2D eigenvalue weighted by Crippen LogP contribution is 2.32. The first kappa shape index (κ1) is 15.5. The van der Waals surface area contributed by atoms with E-state index in [9.17, 15) is 0 Å². The number of aryl methyl sites for hydroxylation is 1. The summed E-state index contributed by atoms with van der Waals surface area (Å²) in [6.45, 7) is 2.03. The fourth-order valence-corrected chi connectivity index (χ4v) is 3.21. The lowest BCUT2D eigenvalue weighted by Crippen LogP contribution is -1.87. The quantitative estimate of drug-likeness (QED) is 0.481. The standard InChI is InChI=1S/C22H16N4O/c1-14-8-2-3-9-15(14)21-25-26-22(27-21)17-11-5-4-10-16(17)20-23-18-12-6-7-13-19(18)24-20/h2-13H,1H3,(H,23,24). The zero-order valence-electron chi connectivity index (χ0n) is 14.7. The fraction of sp³-hybridized carbons (Fsp3) is 0.0455. The third-order valence-electron chi connectivity index (χ3n) is 4.60. The van der Waals surface area contributed by atoms with Crippen molar-refractivity contribution >= 4 is 11.0 Å². The molecule has 0 amide bonds. The first-order chi connectivity index (χ1) is 13.3. The molecule has 2 aromatic heterocycles. The number of hydrogen-bond acceptors (Lipinski definition) is 4. The van der Waals surface area contributed by atoms with Gasteiger partial charge >= 0.3 is 0 Å². The summed E-state index contributed by atoms with van der Waals surface area (Å²) >= 11 is 0. The van der Waals surface area contributed by atoms with Gasteiger partial charge in [0.15, 0.2) is 0 Å². The van der Waals surface area contributed by atoms with Gasteiger partial charge in [-0.3, -0.25) is 0 Å². The van der Waals surface area contributed by atoms with Crippen molar-refractivity contribution in [3.05, 3.63) is 78.4 Å². The van der Waals surface area contributed by atoms with Crippen molar-refractivity contribution in [2.24, 2.45) is 0 Å². The van der Waals surface area contributed by atoms with Crippen molar-refractivity contribution in [3.63, 3.8) is 0 Å². The van der Waals surface area contributed by atoms with Crippen molar-refractivity contribution in [3.8, 4) is 34.3 Å². The van der Waals surface area contributed by atoms with E-state index in [1.807, 2.05) is 79.7 Å². The molecule has 0 fully saturated rings. The summed E-state index contributed by atoms with van der Waals surface area (Å²) in [6, 6.07) is 23.8. The summed E-state index contributed by atoms with van der Waals surface area (Å²) in [4.78, 5) is 8.07. The van der Waals surface area contributed by atoms with Gasteiger partial charge in [-0.2, -0.15) is 0 Å². The zero-order valence-corrected chi connectivity index (χ0v) is 14.7. The molecular formula is C22H16N4O. The molecule has 0 saturated heterocycles. The van der Waals surface area contributed by atoms with Gasteiger partial charge in [0.25, 0.3) is 0 Å².